The predicted molar refractivity (Wildman–Crippen MR) is 194 cm³/mol. The van der Waals surface area contributed by atoms with Gasteiger partial charge in [0.15, 0.2) is 17.5 Å². The van der Waals surface area contributed by atoms with Crippen LogP contribution in [0.3, 0.4) is 0 Å². The van der Waals surface area contributed by atoms with Crippen molar-refractivity contribution in [2.45, 2.75) is 20.3 Å². The molecule has 7 aromatic rings. The molecule has 0 amide bonds. The number of hydrogen-bond donors (Lipinski definition) is 0. The summed E-state index contributed by atoms with van der Waals surface area (Å²) in [5, 5.41) is 0. The van der Waals surface area contributed by atoms with Gasteiger partial charge in [-0.3, -0.25) is 4.98 Å². The SMILES string of the molecule is C/C=C\c1cc(-c2cc(-c3cccc(-c4ccccn4)c3)cc(-c3nc(-c4ccccc4)nc(-c4ccccc4)n3)c2)ccc1CC. The Hall–Kier alpha value is -6.00. The summed E-state index contributed by atoms with van der Waals surface area (Å²) in [6.07, 6.45) is 7.09. The summed E-state index contributed by atoms with van der Waals surface area (Å²) >= 11 is 0. The Bertz CT molecular complexity index is 2110. The highest BCUT2D eigenvalue weighted by Gasteiger charge is 2.15. The Morgan fingerprint density at radius 1 is 0.468 bits per heavy atom. The van der Waals surface area contributed by atoms with Gasteiger partial charge >= 0.3 is 0 Å². The average Bonchev–Trinajstić information content (AvgIpc) is 3.15. The molecule has 0 saturated carbocycles. The van der Waals surface area contributed by atoms with Crippen LogP contribution in [0, 0.1) is 0 Å². The number of aryl methyl sites for hydroxylation is 1. The quantitative estimate of drug-likeness (QED) is 0.173. The normalized spacial score (nSPS) is 11.2. The van der Waals surface area contributed by atoms with E-state index in [1.165, 1.54) is 11.1 Å². The number of allylic oxidation sites excluding steroid dienone is 1. The zero-order chi connectivity index (χ0) is 32.0. The Labute approximate surface area is 276 Å². The Balaban J connectivity index is 1.45. The molecule has 0 bridgehead atoms. The maximum atomic E-state index is 5.07. The molecule has 0 unspecified atom stereocenters. The average molecular weight is 607 g/mol. The Morgan fingerprint density at radius 2 is 1.00 bits per heavy atom. The highest BCUT2D eigenvalue weighted by Crippen LogP contribution is 2.35. The molecule has 0 fully saturated rings. The molecule has 0 spiro atoms. The molecule has 0 atom stereocenters. The number of nitrogens with zero attached hydrogens (tertiary/aromatic N) is 4. The highest BCUT2D eigenvalue weighted by atomic mass is 15.0. The second-order valence-corrected chi connectivity index (χ2v) is 11.4. The summed E-state index contributed by atoms with van der Waals surface area (Å²) in [6.45, 7) is 4.26. The zero-order valence-electron chi connectivity index (χ0n) is 26.5. The molecule has 0 N–H and O–H groups in total. The summed E-state index contributed by atoms with van der Waals surface area (Å²) < 4.78 is 0. The second kappa shape index (κ2) is 13.6. The van der Waals surface area contributed by atoms with Crippen LogP contribution in [0.15, 0.2) is 152 Å². The lowest BCUT2D eigenvalue weighted by Crippen LogP contribution is -2.00. The van der Waals surface area contributed by atoms with Gasteiger partial charge in [0.2, 0.25) is 0 Å². The van der Waals surface area contributed by atoms with E-state index in [0.717, 1.165) is 56.6 Å². The third-order valence-electron chi connectivity index (χ3n) is 8.25. The van der Waals surface area contributed by atoms with E-state index in [2.05, 4.69) is 91.6 Å². The van der Waals surface area contributed by atoms with E-state index in [1.807, 2.05) is 85.1 Å². The number of pyridine rings is 1. The molecule has 5 aromatic carbocycles. The first kappa shape index (κ1) is 29.7. The van der Waals surface area contributed by atoms with Crippen LogP contribution in [-0.2, 0) is 6.42 Å². The number of aromatic nitrogens is 4. The lowest BCUT2D eigenvalue weighted by Gasteiger charge is -2.14. The van der Waals surface area contributed by atoms with Crippen LogP contribution in [-0.4, -0.2) is 19.9 Å². The second-order valence-electron chi connectivity index (χ2n) is 11.4. The standard InChI is InChI=1S/C43H34N4/c1-3-14-33-25-35(23-22-30(33)4-2)38-27-37(34-19-13-20-36(26-34)40-21-11-12-24-44-40)28-39(29-38)43-46-41(31-15-7-5-8-16-31)45-42(47-43)32-17-9-6-10-18-32/h3,5-29H,4H2,1-2H3/b14-3-. The fourth-order valence-electron chi connectivity index (χ4n) is 5.85. The summed E-state index contributed by atoms with van der Waals surface area (Å²) in [5.74, 6) is 1.91. The Kier molecular flexibility index (Phi) is 8.56. The molecule has 7 rings (SSSR count). The molecule has 2 heterocycles. The van der Waals surface area contributed by atoms with Gasteiger partial charge in [-0.05, 0) is 89.2 Å². The van der Waals surface area contributed by atoms with Gasteiger partial charge in [0.05, 0.1) is 5.69 Å². The minimum Gasteiger partial charge on any atom is -0.256 e. The molecule has 0 aliphatic heterocycles. The molecule has 2 aromatic heterocycles. The third-order valence-corrected chi connectivity index (χ3v) is 8.25. The summed E-state index contributed by atoms with van der Waals surface area (Å²) in [5.41, 5.74) is 11.8. The highest BCUT2D eigenvalue weighted by molar-refractivity contribution is 5.82. The van der Waals surface area contributed by atoms with Gasteiger partial charge < -0.3 is 0 Å². The molecular formula is C43H34N4. The lowest BCUT2D eigenvalue weighted by atomic mass is 9.92. The molecule has 4 heteroatoms. The van der Waals surface area contributed by atoms with Crippen molar-refractivity contribution in [2.75, 3.05) is 0 Å². The zero-order valence-corrected chi connectivity index (χ0v) is 26.5. The first-order valence-corrected chi connectivity index (χ1v) is 16.0. The van der Waals surface area contributed by atoms with Crippen LogP contribution in [0.2, 0.25) is 0 Å². The number of rotatable bonds is 8. The van der Waals surface area contributed by atoms with Gasteiger partial charge in [-0.25, -0.2) is 15.0 Å². The minimum atomic E-state index is 0.626. The molecule has 226 valence electrons. The molecule has 47 heavy (non-hydrogen) atoms. The lowest BCUT2D eigenvalue weighted by molar-refractivity contribution is 1.07. The molecule has 0 aliphatic rings. The van der Waals surface area contributed by atoms with Gasteiger partial charge in [0.1, 0.15) is 0 Å². The van der Waals surface area contributed by atoms with E-state index >= 15 is 0 Å². The van der Waals surface area contributed by atoms with E-state index in [-0.39, 0.29) is 0 Å². The third kappa shape index (κ3) is 6.54. The molecular weight excluding hydrogens is 573 g/mol. The predicted octanol–water partition coefficient (Wildman–Crippen LogP) is 10.9. The van der Waals surface area contributed by atoms with E-state index in [1.54, 1.807) is 0 Å². The van der Waals surface area contributed by atoms with Crippen molar-refractivity contribution in [3.8, 4) is 67.7 Å². The Morgan fingerprint density at radius 3 is 1.60 bits per heavy atom. The fourth-order valence-corrected chi connectivity index (χ4v) is 5.85. The van der Waals surface area contributed by atoms with Crippen molar-refractivity contribution in [1.29, 1.82) is 0 Å². The number of hydrogen-bond acceptors (Lipinski definition) is 4. The molecule has 0 saturated heterocycles. The molecule has 4 nitrogen and oxygen atoms in total. The van der Waals surface area contributed by atoms with Crippen LogP contribution in [0.1, 0.15) is 25.0 Å². The van der Waals surface area contributed by atoms with Crippen molar-refractivity contribution in [3.63, 3.8) is 0 Å². The molecule has 0 aliphatic carbocycles. The van der Waals surface area contributed by atoms with Gasteiger partial charge in [0, 0.05) is 28.5 Å². The molecule has 0 radical (unpaired) electrons. The van der Waals surface area contributed by atoms with Crippen LogP contribution in [0.25, 0.3) is 73.8 Å². The van der Waals surface area contributed by atoms with Crippen molar-refractivity contribution < 1.29 is 0 Å². The van der Waals surface area contributed by atoms with Crippen molar-refractivity contribution >= 4 is 6.08 Å². The number of benzene rings is 5. The summed E-state index contributed by atoms with van der Waals surface area (Å²) in [4.78, 5) is 19.7. The van der Waals surface area contributed by atoms with Crippen LogP contribution in [0.5, 0.6) is 0 Å². The first-order chi connectivity index (χ1) is 23.2. The monoisotopic (exact) mass is 606 g/mol. The largest absolute Gasteiger partial charge is 0.256 e. The van der Waals surface area contributed by atoms with Gasteiger partial charge in [-0.15, -0.1) is 0 Å². The summed E-state index contributed by atoms with van der Waals surface area (Å²) in [6, 6.07) is 48.2. The smallest absolute Gasteiger partial charge is 0.164 e. The van der Waals surface area contributed by atoms with E-state index in [9.17, 15) is 0 Å². The maximum absolute atomic E-state index is 5.07. The minimum absolute atomic E-state index is 0.626. The topological polar surface area (TPSA) is 51.6 Å². The van der Waals surface area contributed by atoms with Crippen LogP contribution < -0.4 is 0 Å². The van der Waals surface area contributed by atoms with Crippen molar-refractivity contribution in [1.82, 2.24) is 19.9 Å². The van der Waals surface area contributed by atoms with Gasteiger partial charge in [-0.2, -0.15) is 0 Å². The first-order valence-electron chi connectivity index (χ1n) is 16.0. The van der Waals surface area contributed by atoms with Crippen molar-refractivity contribution in [2.24, 2.45) is 0 Å². The van der Waals surface area contributed by atoms with Crippen molar-refractivity contribution in [3.05, 3.63) is 163 Å². The van der Waals surface area contributed by atoms with Gasteiger partial charge in [-0.1, -0.05) is 116 Å². The summed E-state index contributed by atoms with van der Waals surface area (Å²) in [7, 11) is 0. The van der Waals surface area contributed by atoms with E-state index in [4.69, 9.17) is 15.0 Å². The van der Waals surface area contributed by atoms with Crippen LogP contribution >= 0.6 is 0 Å². The van der Waals surface area contributed by atoms with Gasteiger partial charge in [0.25, 0.3) is 0 Å². The van der Waals surface area contributed by atoms with E-state index in [0.29, 0.717) is 17.5 Å². The fraction of sp³-hybridized carbons (Fsp3) is 0.0698. The maximum Gasteiger partial charge on any atom is 0.164 e. The van der Waals surface area contributed by atoms with E-state index < -0.39 is 0 Å². The van der Waals surface area contributed by atoms with Crippen LogP contribution in [0.4, 0.5) is 0 Å².